The van der Waals surface area contributed by atoms with Crippen LogP contribution in [-0.2, 0) is 17.4 Å². The van der Waals surface area contributed by atoms with Crippen molar-refractivity contribution in [1.29, 1.82) is 0 Å². The van der Waals surface area contributed by atoms with Gasteiger partial charge in [-0.1, -0.05) is 18.2 Å². The summed E-state index contributed by atoms with van der Waals surface area (Å²) in [6.07, 6.45) is 0. The smallest absolute Gasteiger partial charge is 0.259 e. The number of carbonyl (C=O) groups excluding carboxylic acids is 1. The van der Waals surface area contributed by atoms with E-state index in [0.717, 1.165) is 39.5 Å². The lowest BCUT2D eigenvalue weighted by Crippen LogP contribution is -2.46. The molecule has 0 saturated heterocycles. The zero-order chi connectivity index (χ0) is 19.6. The van der Waals surface area contributed by atoms with E-state index in [2.05, 4.69) is 15.7 Å². The molecule has 2 N–H and O–H groups in total. The van der Waals surface area contributed by atoms with Gasteiger partial charge >= 0.3 is 0 Å². The highest BCUT2D eigenvalue weighted by molar-refractivity contribution is 6.13. The number of fused-ring (bicyclic) bond motifs is 6. The molecule has 2 aliphatic rings. The van der Waals surface area contributed by atoms with E-state index in [1.165, 1.54) is 0 Å². The average molecular weight is 376 g/mol. The van der Waals surface area contributed by atoms with E-state index in [0.29, 0.717) is 11.5 Å². The molecule has 3 heterocycles. The van der Waals surface area contributed by atoms with Crippen molar-refractivity contribution in [2.75, 3.05) is 24.9 Å². The molecule has 1 atom stereocenters. The minimum absolute atomic E-state index is 0.133. The first-order valence-electron chi connectivity index (χ1n) is 9.01. The maximum Gasteiger partial charge on any atom is 0.259 e. The van der Waals surface area contributed by atoms with Crippen molar-refractivity contribution >= 4 is 17.4 Å². The lowest BCUT2D eigenvalue weighted by atomic mass is 9.76. The summed E-state index contributed by atoms with van der Waals surface area (Å²) in [5.41, 5.74) is 4.15. The number of benzene rings is 2. The van der Waals surface area contributed by atoms with Gasteiger partial charge in [0.15, 0.2) is 17.0 Å². The lowest BCUT2D eigenvalue weighted by Gasteiger charge is -2.36. The Morgan fingerprint density at radius 1 is 1.07 bits per heavy atom. The maximum absolute atomic E-state index is 13.4. The Balaban J connectivity index is 1.92. The number of hydrogen-bond acceptors (Lipinski definition) is 5. The number of hydrogen-bond donors (Lipinski definition) is 2. The van der Waals surface area contributed by atoms with Gasteiger partial charge in [0.1, 0.15) is 5.82 Å². The Morgan fingerprint density at radius 2 is 1.79 bits per heavy atom. The van der Waals surface area contributed by atoms with E-state index in [4.69, 9.17) is 9.47 Å². The van der Waals surface area contributed by atoms with Crippen LogP contribution in [0.15, 0.2) is 36.4 Å². The van der Waals surface area contributed by atoms with Crippen LogP contribution in [-0.4, -0.2) is 29.9 Å². The van der Waals surface area contributed by atoms with Crippen LogP contribution in [0.5, 0.6) is 11.5 Å². The van der Waals surface area contributed by atoms with Crippen molar-refractivity contribution in [1.82, 2.24) is 9.78 Å². The Bertz CT molecular complexity index is 1150. The van der Waals surface area contributed by atoms with Crippen molar-refractivity contribution < 1.29 is 14.3 Å². The number of nitrogens with zero attached hydrogens (tertiary/aromatic N) is 2. The molecule has 142 valence electrons. The minimum Gasteiger partial charge on any atom is -0.493 e. The van der Waals surface area contributed by atoms with Crippen molar-refractivity contribution in [2.45, 2.75) is 12.5 Å². The summed E-state index contributed by atoms with van der Waals surface area (Å²) < 4.78 is 12.9. The van der Waals surface area contributed by atoms with Gasteiger partial charge in [-0.15, -0.1) is 0 Å². The van der Waals surface area contributed by atoms with E-state index in [1.54, 1.807) is 18.9 Å². The van der Waals surface area contributed by atoms with E-state index < -0.39 is 5.54 Å². The average Bonchev–Trinajstić information content (AvgIpc) is 3.14. The molecule has 0 aliphatic carbocycles. The predicted octanol–water partition coefficient (Wildman–Crippen LogP) is 3.03. The molecular formula is C21H20N4O3. The second-order valence-corrected chi connectivity index (χ2v) is 7.06. The molecule has 1 unspecified atom stereocenters. The highest BCUT2D eigenvalue weighted by Crippen LogP contribution is 2.54. The normalized spacial score (nSPS) is 18.8. The summed E-state index contributed by atoms with van der Waals surface area (Å²) >= 11 is 0. The molecule has 3 aromatic rings. The minimum atomic E-state index is -1.07. The first-order chi connectivity index (χ1) is 13.5. The van der Waals surface area contributed by atoms with Gasteiger partial charge < -0.3 is 20.1 Å². The Morgan fingerprint density at radius 3 is 2.54 bits per heavy atom. The SMILES string of the molecule is COc1cc2c(cc1OC)C1(Nc3c-2c(C)nn3C)C(=O)Nc2ccccc21. The summed E-state index contributed by atoms with van der Waals surface area (Å²) in [7, 11) is 5.07. The zero-order valence-corrected chi connectivity index (χ0v) is 16.1. The standard InChI is InChI=1S/C21H20N4O3/c1-11-18-12-9-16(27-3)17(28-4)10-14(12)21(23-19(18)25(2)24-11)13-7-5-6-8-15(13)22-20(21)26/h5-10,23H,1-4H3,(H,22,26). The molecule has 5 rings (SSSR count). The van der Waals surface area contributed by atoms with Crippen molar-refractivity contribution in [2.24, 2.45) is 7.05 Å². The van der Waals surface area contributed by atoms with Crippen molar-refractivity contribution in [3.8, 4) is 22.6 Å². The number of para-hydroxylation sites is 1. The molecule has 1 amide bonds. The topological polar surface area (TPSA) is 77.4 Å². The third kappa shape index (κ3) is 1.88. The number of anilines is 2. The van der Waals surface area contributed by atoms with E-state index >= 15 is 0 Å². The van der Waals surface area contributed by atoms with Gasteiger partial charge in [0.25, 0.3) is 5.91 Å². The van der Waals surface area contributed by atoms with Gasteiger partial charge in [-0.3, -0.25) is 9.48 Å². The van der Waals surface area contributed by atoms with Crippen LogP contribution in [0.3, 0.4) is 0 Å². The van der Waals surface area contributed by atoms with E-state index in [9.17, 15) is 4.79 Å². The summed E-state index contributed by atoms with van der Waals surface area (Å²) in [5.74, 6) is 1.85. The summed E-state index contributed by atoms with van der Waals surface area (Å²) in [6, 6.07) is 11.5. The van der Waals surface area contributed by atoms with Gasteiger partial charge in [-0.05, 0) is 30.7 Å². The molecule has 0 radical (unpaired) electrons. The third-order valence-corrected chi connectivity index (χ3v) is 5.65. The van der Waals surface area contributed by atoms with E-state index in [-0.39, 0.29) is 5.91 Å². The fraction of sp³-hybridized carbons (Fsp3) is 0.238. The Kier molecular flexibility index (Phi) is 3.28. The van der Waals surface area contributed by atoms with Crippen LogP contribution in [0.25, 0.3) is 11.1 Å². The lowest BCUT2D eigenvalue weighted by molar-refractivity contribution is -0.118. The van der Waals surface area contributed by atoms with Gasteiger partial charge in [0.2, 0.25) is 0 Å². The molecule has 28 heavy (non-hydrogen) atoms. The number of aryl methyl sites for hydroxylation is 2. The van der Waals surface area contributed by atoms with Crippen LogP contribution < -0.4 is 20.1 Å². The van der Waals surface area contributed by atoms with Gasteiger partial charge in [0, 0.05) is 29.4 Å². The molecule has 7 nitrogen and oxygen atoms in total. The van der Waals surface area contributed by atoms with Crippen molar-refractivity contribution in [3.05, 3.63) is 53.2 Å². The first kappa shape index (κ1) is 16.7. The largest absolute Gasteiger partial charge is 0.493 e. The second kappa shape index (κ2) is 5.51. The summed E-state index contributed by atoms with van der Waals surface area (Å²) in [5, 5.41) is 11.1. The zero-order valence-electron chi connectivity index (χ0n) is 16.1. The fourth-order valence-corrected chi connectivity index (χ4v) is 4.41. The number of carbonyl (C=O) groups is 1. The van der Waals surface area contributed by atoms with Crippen LogP contribution in [0.1, 0.15) is 16.8 Å². The van der Waals surface area contributed by atoms with Crippen molar-refractivity contribution in [3.63, 3.8) is 0 Å². The highest BCUT2D eigenvalue weighted by Gasteiger charge is 2.53. The molecule has 7 heteroatoms. The summed E-state index contributed by atoms with van der Waals surface area (Å²) in [6.45, 7) is 1.96. The first-order valence-corrected chi connectivity index (χ1v) is 9.01. The van der Waals surface area contributed by atoms with Gasteiger partial charge in [0.05, 0.1) is 19.9 Å². The number of ether oxygens (including phenoxy) is 2. The quantitative estimate of drug-likeness (QED) is 0.719. The molecule has 1 aromatic heterocycles. The van der Waals surface area contributed by atoms with Gasteiger partial charge in [-0.25, -0.2) is 0 Å². The fourth-order valence-electron chi connectivity index (χ4n) is 4.41. The van der Waals surface area contributed by atoms with Crippen LogP contribution in [0.2, 0.25) is 0 Å². The summed E-state index contributed by atoms with van der Waals surface area (Å²) in [4.78, 5) is 13.4. The molecule has 0 bridgehead atoms. The molecule has 0 saturated carbocycles. The number of aromatic nitrogens is 2. The number of nitrogens with one attached hydrogen (secondary N) is 2. The molecular weight excluding hydrogens is 356 g/mol. The van der Waals surface area contributed by atoms with E-state index in [1.807, 2.05) is 50.4 Å². The predicted molar refractivity (Wildman–Crippen MR) is 106 cm³/mol. The molecule has 2 aliphatic heterocycles. The Hall–Kier alpha value is -3.48. The number of methoxy groups -OCH3 is 2. The maximum atomic E-state index is 13.4. The third-order valence-electron chi connectivity index (χ3n) is 5.65. The van der Waals surface area contributed by atoms with Crippen LogP contribution in [0, 0.1) is 6.92 Å². The van der Waals surface area contributed by atoms with Crippen LogP contribution >= 0.6 is 0 Å². The second-order valence-electron chi connectivity index (χ2n) is 7.06. The molecule has 1 spiro atoms. The molecule has 2 aromatic carbocycles. The Labute approximate surface area is 162 Å². The van der Waals surface area contributed by atoms with Crippen LogP contribution in [0.4, 0.5) is 11.5 Å². The van der Waals surface area contributed by atoms with Gasteiger partial charge in [-0.2, -0.15) is 5.10 Å². The highest BCUT2D eigenvalue weighted by atomic mass is 16.5. The monoisotopic (exact) mass is 376 g/mol. The number of rotatable bonds is 2. The number of amides is 1. The molecule has 0 fully saturated rings.